The lowest BCUT2D eigenvalue weighted by atomic mass is 9.97. The van der Waals surface area contributed by atoms with Gasteiger partial charge in [0.05, 0.1) is 25.6 Å². The first-order valence-corrected chi connectivity index (χ1v) is 6.72. The van der Waals surface area contributed by atoms with Gasteiger partial charge in [0.1, 0.15) is 6.04 Å². The summed E-state index contributed by atoms with van der Waals surface area (Å²) in [6.07, 6.45) is 0.538. The fraction of sp³-hybridized carbons (Fsp3) is 0.769. The Morgan fingerprint density at radius 2 is 2.15 bits per heavy atom. The van der Waals surface area contributed by atoms with Crippen LogP contribution in [0.2, 0.25) is 0 Å². The van der Waals surface area contributed by atoms with E-state index < -0.39 is 23.9 Å². The van der Waals surface area contributed by atoms with Gasteiger partial charge in [-0.25, -0.2) is 4.79 Å². The van der Waals surface area contributed by atoms with Crippen molar-refractivity contribution in [3.8, 4) is 0 Å². The van der Waals surface area contributed by atoms with Crippen molar-refractivity contribution in [2.75, 3.05) is 19.8 Å². The number of esters is 1. The molecule has 1 saturated heterocycles. The van der Waals surface area contributed by atoms with Gasteiger partial charge in [-0.05, 0) is 19.3 Å². The number of carbonyl (C=O) groups is 3. The molecule has 1 aliphatic rings. The molecule has 20 heavy (non-hydrogen) atoms. The minimum absolute atomic E-state index is 0.0494. The maximum Gasteiger partial charge on any atom is 0.326 e. The van der Waals surface area contributed by atoms with Crippen molar-refractivity contribution < 1.29 is 29.0 Å². The quantitative estimate of drug-likeness (QED) is 0.648. The van der Waals surface area contributed by atoms with Crippen LogP contribution in [0.5, 0.6) is 0 Å². The molecule has 0 aromatic rings. The Morgan fingerprint density at radius 3 is 2.65 bits per heavy atom. The first-order chi connectivity index (χ1) is 9.45. The van der Waals surface area contributed by atoms with E-state index in [-0.39, 0.29) is 24.9 Å². The Hall–Kier alpha value is -1.63. The number of rotatable bonds is 7. The largest absolute Gasteiger partial charge is 0.480 e. The number of carboxylic acid groups (broad SMARTS) is 1. The zero-order valence-corrected chi connectivity index (χ0v) is 11.8. The molecule has 1 fully saturated rings. The van der Waals surface area contributed by atoms with E-state index in [9.17, 15) is 19.5 Å². The lowest BCUT2D eigenvalue weighted by Gasteiger charge is -2.22. The van der Waals surface area contributed by atoms with Crippen LogP contribution in [0.3, 0.4) is 0 Å². The lowest BCUT2D eigenvalue weighted by Crippen LogP contribution is -2.48. The van der Waals surface area contributed by atoms with Crippen molar-refractivity contribution in [1.29, 1.82) is 0 Å². The van der Waals surface area contributed by atoms with E-state index in [2.05, 4.69) is 5.32 Å². The molecule has 0 spiro atoms. The molecule has 7 nitrogen and oxygen atoms in total. The molecule has 0 bridgehead atoms. The molecular formula is C13H21NO6. The van der Waals surface area contributed by atoms with E-state index in [1.807, 2.05) is 0 Å². The number of carboxylic acids is 1. The smallest absolute Gasteiger partial charge is 0.326 e. The van der Waals surface area contributed by atoms with Crippen molar-refractivity contribution >= 4 is 17.8 Å². The number of hydrogen-bond acceptors (Lipinski definition) is 5. The van der Waals surface area contributed by atoms with Gasteiger partial charge < -0.3 is 19.9 Å². The molecule has 0 aromatic heterocycles. The zero-order valence-electron chi connectivity index (χ0n) is 11.8. The van der Waals surface area contributed by atoms with Crippen molar-refractivity contribution in [3.05, 3.63) is 0 Å². The molecule has 0 aliphatic carbocycles. The molecule has 114 valence electrons. The summed E-state index contributed by atoms with van der Waals surface area (Å²) in [5.41, 5.74) is 0. The minimum Gasteiger partial charge on any atom is -0.480 e. The maximum atomic E-state index is 11.9. The van der Waals surface area contributed by atoms with Crippen molar-refractivity contribution in [3.63, 3.8) is 0 Å². The van der Waals surface area contributed by atoms with Crippen LogP contribution in [0, 0.1) is 11.8 Å². The third kappa shape index (κ3) is 4.80. The van der Waals surface area contributed by atoms with Crippen LogP contribution in [-0.2, 0) is 23.9 Å². The van der Waals surface area contributed by atoms with E-state index in [1.54, 1.807) is 13.8 Å². The van der Waals surface area contributed by atoms with Crippen LogP contribution < -0.4 is 5.32 Å². The lowest BCUT2D eigenvalue weighted by molar-refractivity contribution is -0.147. The SMILES string of the molecule is CCOC(=O)C[C@H](C)[C@H](NC(=O)[C@@H]1CCOC1)C(=O)O. The summed E-state index contributed by atoms with van der Waals surface area (Å²) in [4.78, 5) is 34.5. The number of hydrogen-bond donors (Lipinski definition) is 2. The Bertz CT molecular complexity index is 364. The van der Waals surface area contributed by atoms with Gasteiger partial charge in [-0.1, -0.05) is 6.92 Å². The van der Waals surface area contributed by atoms with Crippen LogP contribution in [0.15, 0.2) is 0 Å². The maximum absolute atomic E-state index is 11.9. The zero-order chi connectivity index (χ0) is 15.1. The number of ether oxygens (including phenoxy) is 2. The summed E-state index contributed by atoms with van der Waals surface area (Å²) in [5, 5.41) is 11.7. The molecule has 0 aromatic carbocycles. The predicted octanol–water partition coefficient (Wildman–Crippen LogP) is 0.182. The summed E-state index contributed by atoms with van der Waals surface area (Å²) in [6.45, 7) is 4.34. The van der Waals surface area contributed by atoms with Crippen molar-refractivity contribution in [2.45, 2.75) is 32.7 Å². The molecule has 0 unspecified atom stereocenters. The van der Waals surface area contributed by atoms with Gasteiger partial charge in [0.15, 0.2) is 0 Å². The predicted molar refractivity (Wildman–Crippen MR) is 68.9 cm³/mol. The number of aliphatic carboxylic acids is 1. The number of amides is 1. The second-order valence-corrected chi connectivity index (χ2v) is 4.87. The van der Waals surface area contributed by atoms with Gasteiger partial charge in [0.25, 0.3) is 0 Å². The molecule has 3 atom stereocenters. The first-order valence-electron chi connectivity index (χ1n) is 6.72. The van der Waals surface area contributed by atoms with Gasteiger partial charge in [-0.3, -0.25) is 9.59 Å². The van der Waals surface area contributed by atoms with E-state index in [0.29, 0.717) is 19.6 Å². The monoisotopic (exact) mass is 287 g/mol. The normalized spacial score (nSPS) is 21.0. The van der Waals surface area contributed by atoms with Crippen LogP contribution >= 0.6 is 0 Å². The summed E-state index contributed by atoms with van der Waals surface area (Å²) in [5.74, 6) is -2.83. The Morgan fingerprint density at radius 1 is 1.45 bits per heavy atom. The summed E-state index contributed by atoms with van der Waals surface area (Å²) < 4.78 is 9.88. The first kappa shape index (κ1) is 16.4. The molecule has 2 N–H and O–H groups in total. The highest BCUT2D eigenvalue weighted by Crippen LogP contribution is 2.15. The van der Waals surface area contributed by atoms with E-state index in [1.165, 1.54) is 0 Å². The van der Waals surface area contributed by atoms with Crippen molar-refractivity contribution in [2.24, 2.45) is 11.8 Å². The minimum atomic E-state index is -1.16. The Labute approximate surface area is 117 Å². The molecule has 0 saturated carbocycles. The molecule has 1 amide bonds. The Kier molecular flexibility index (Phi) is 6.44. The summed E-state index contributed by atoms with van der Waals surface area (Å²) in [6, 6.07) is -1.10. The van der Waals surface area contributed by atoms with E-state index >= 15 is 0 Å². The van der Waals surface area contributed by atoms with Crippen LogP contribution in [0.25, 0.3) is 0 Å². The fourth-order valence-electron chi connectivity index (χ4n) is 2.06. The van der Waals surface area contributed by atoms with Crippen LogP contribution in [0.1, 0.15) is 26.7 Å². The van der Waals surface area contributed by atoms with E-state index in [0.717, 1.165) is 0 Å². The van der Waals surface area contributed by atoms with Gasteiger partial charge in [0, 0.05) is 6.61 Å². The highest BCUT2D eigenvalue weighted by molar-refractivity contribution is 5.85. The van der Waals surface area contributed by atoms with E-state index in [4.69, 9.17) is 9.47 Å². The van der Waals surface area contributed by atoms with Gasteiger partial charge in [-0.2, -0.15) is 0 Å². The van der Waals surface area contributed by atoms with Gasteiger partial charge >= 0.3 is 11.9 Å². The second-order valence-electron chi connectivity index (χ2n) is 4.87. The third-order valence-corrected chi connectivity index (χ3v) is 3.23. The summed E-state index contributed by atoms with van der Waals surface area (Å²) in [7, 11) is 0. The molecule has 1 rings (SSSR count). The molecule has 1 heterocycles. The number of nitrogens with one attached hydrogen (secondary N) is 1. The fourth-order valence-corrected chi connectivity index (χ4v) is 2.06. The molecule has 7 heteroatoms. The number of carbonyl (C=O) groups excluding carboxylic acids is 2. The van der Waals surface area contributed by atoms with Crippen molar-refractivity contribution in [1.82, 2.24) is 5.32 Å². The van der Waals surface area contributed by atoms with Crippen LogP contribution in [-0.4, -0.2) is 48.8 Å². The average Bonchev–Trinajstić information content (AvgIpc) is 2.89. The van der Waals surface area contributed by atoms with Crippen LogP contribution in [0.4, 0.5) is 0 Å². The molecule has 1 aliphatic heterocycles. The average molecular weight is 287 g/mol. The third-order valence-electron chi connectivity index (χ3n) is 3.23. The highest BCUT2D eigenvalue weighted by Gasteiger charge is 2.32. The summed E-state index contributed by atoms with van der Waals surface area (Å²) >= 11 is 0. The topological polar surface area (TPSA) is 102 Å². The molecular weight excluding hydrogens is 266 g/mol. The highest BCUT2D eigenvalue weighted by atomic mass is 16.5. The Balaban J connectivity index is 2.56. The standard InChI is InChI=1S/C13H21NO6/c1-3-20-10(15)6-8(2)11(13(17)18)14-12(16)9-4-5-19-7-9/h8-9,11H,3-7H2,1-2H3,(H,14,16)(H,17,18)/t8-,9+,11-/m0/s1. The van der Waals surface area contributed by atoms with Gasteiger partial charge in [0.2, 0.25) is 5.91 Å². The van der Waals surface area contributed by atoms with Gasteiger partial charge in [-0.15, -0.1) is 0 Å². The molecule has 0 radical (unpaired) electrons. The second kappa shape index (κ2) is 7.84.